The first-order valence-corrected chi connectivity index (χ1v) is 6.17. The van der Waals surface area contributed by atoms with Crippen molar-refractivity contribution >= 4 is 5.97 Å². The number of carboxylic acid groups (broad SMARTS) is 1. The Kier molecular flexibility index (Phi) is 3.01. The second-order valence-electron chi connectivity index (χ2n) is 5.08. The van der Waals surface area contributed by atoms with Crippen LogP contribution in [0.4, 0.5) is 0 Å². The van der Waals surface area contributed by atoms with Crippen molar-refractivity contribution in [2.24, 2.45) is 5.92 Å². The van der Waals surface area contributed by atoms with Gasteiger partial charge >= 0.3 is 5.97 Å². The standard InChI is InChI=1S/C12H21NO2/c1-2-10-8-13(9-10)12(11(14)15)6-4-3-5-7-12/h10H,2-9H2,1H3,(H,14,15). The van der Waals surface area contributed by atoms with Gasteiger partial charge in [0.25, 0.3) is 0 Å². The van der Waals surface area contributed by atoms with Crippen LogP contribution < -0.4 is 0 Å². The van der Waals surface area contributed by atoms with Crippen molar-refractivity contribution in [2.45, 2.75) is 51.0 Å². The normalized spacial score (nSPS) is 27.3. The van der Waals surface area contributed by atoms with Crippen molar-refractivity contribution in [1.82, 2.24) is 4.90 Å². The van der Waals surface area contributed by atoms with E-state index in [1.807, 2.05) is 0 Å². The first-order valence-electron chi connectivity index (χ1n) is 6.17. The van der Waals surface area contributed by atoms with E-state index in [9.17, 15) is 9.90 Å². The number of nitrogens with zero attached hydrogens (tertiary/aromatic N) is 1. The Morgan fingerprint density at radius 3 is 2.40 bits per heavy atom. The maximum Gasteiger partial charge on any atom is 0.324 e. The van der Waals surface area contributed by atoms with Crippen LogP contribution in [0, 0.1) is 5.92 Å². The van der Waals surface area contributed by atoms with Crippen LogP contribution in [-0.2, 0) is 4.79 Å². The first kappa shape index (κ1) is 10.9. The average molecular weight is 211 g/mol. The number of hydrogen-bond acceptors (Lipinski definition) is 2. The second-order valence-corrected chi connectivity index (χ2v) is 5.08. The molecule has 0 bridgehead atoms. The number of carbonyl (C=O) groups is 1. The van der Waals surface area contributed by atoms with Crippen LogP contribution in [0.25, 0.3) is 0 Å². The predicted molar refractivity (Wildman–Crippen MR) is 58.8 cm³/mol. The van der Waals surface area contributed by atoms with Crippen LogP contribution in [0.1, 0.15) is 45.4 Å². The summed E-state index contributed by atoms with van der Waals surface area (Å²) in [5.41, 5.74) is -0.496. The summed E-state index contributed by atoms with van der Waals surface area (Å²) in [6.07, 6.45) is 6.28. The van der Waals surface area contributed by atoms with Crippen molar-refractivity contribution in [1.29, 1.82) is 0 Å². The Bertz CT molecular complexity index is 240. The molecule has 86 valence electrons. The highest BCUT2D eigenvalue weighted by Crippen LogP contribution is 2.38. The molecule has 0 unspecified atom stereocenters. The molecular formula is C12H21NO2. The van der Waals surface area contributed by atoms with Crippen LogP contribution in [-0.4, -0.2) is 34.6 Å². The molecule has 0 aromatic heterocycles. The molecule has 2 aliphatic rings. The van der Waals surface area contributed by atoms with Gasteiger partial charge in [-0.15, -0.1) is 0 Å². The minimum atomic E-state index is -0.586. The van der Waals surface area contributed by atoms with E-state index in [1.54, 1.807) is 0 Å². The topological polar surface area (TPSA) is 40.5 Å². The fraction of sp³-hybridized carbons (Fsp3) is 0.917. The van der Waals surface area contributed by atoms with Gasteiger partial charge in [-0.2, -0.15) is 0 Å². The summed E-state index contributed by atoms with van der Waals surface area (Å²) in [7, 11) is 0. The Labute approximate surface area is 91.5 Å². The fourth-order valence-electron chi connectivity index (χ4n) is 2.98. The zero-order chi connectivity index (χ0) is 10.9. The smallest absolute Gasteiger partial charge is 0.324 e. The van der Waals surface area contributed by atoms with Crippen molar-refractivity contribution in [3.63, 3.8) is 0 Å². The molecule has 1 saturated heterocycles. The van der Waals surface area contributed by atoms with Gasteiger partial charge in [0.05, 0.1) is 0 Å². The van der Waals surface area contributed by atoms with Crippen LogP contribution in [0.3, 0.4) is 0 Å². The molecule has 3 heteroatoms. The van der Waals surface area contributed by atoms with Crippen LogP contribution in [0.15, 0.2) is 0 Å². The van der Waals surface area contributed by atoms with E-state index in [0.29, 0.717) is 0 Å². The number of carboxylic acids is 1. The van der Waals surface area contributed by atoms with Crippen LogP contribution in [0.2, 0.25) is 0 Å². The molecule has 1 aliphatic carbocycles. The largest absolute Gasteiger partial charge is 0.480 e. The van der Waals surface area contributed by atoms with Crippen LogP contribution >= 0.6 is 0 Å². The molecule has 0 amide bonds. The van der Waals surface area contributed by atoms with Crippen molar-refractivity contribution in [2.75, 3.05) is 13.1 Å². The summed E-state index contributed by atoms with van der Waals surface area (Å²) in [5.74, 6) is 0.153. The minimum absolute atomic E-state index is 0.496. The maximum absolute atomic E-state index is 11.5. The lowest BCUT2D eigenvalue weighted by atomic mass is 9.77. The third kappa shape index (κ3) is 1.78. The Balaban J connectivity index is 2.03. The van der Waals surface area contributed by atoms with Gasteiger partial charge in [0.2, 0.25) is 0 Å². The summed E-state index contributed by atoms with van der Waals surface area (Å²) < 4.78 is 0. The lowest BCUT2D eigenvalue weighted by Gasteiger charge is -2.51. The lowest BCUT2D eigenvalue weighted by Crippen LogP contribution is -2.64. The molecule has 2 fully saturated rings. The van der Waals surface area contributed by atoms with Crippen molar-refractivity contribution in [3.8, 4) is 0 Å². The lowest BCUT2D eigenvalue weighted by molar-refractivity contribution is -0.161. The number of rotatable bonds is 3. The van der Waals surface area contributed by atoms with Gasteiger partial charge in [-0.25, -0.2) is 0 Å². The summed E-state index contributed by atoms with van der Waals surface area (Å²) >= 11 is 0. The number of hydrogen-bond donors (Lipinski definition) is 1. The molecule has 2 rings (SSSR count). The maximum atomic E-state index is 11.5. The van der Waals surface area contributed by atoms with Gasteiger partial charge in [0.15, 0.2) is 0 Å². The van der Waals surface area contributed by atoms with E-state index in [0.717, 1.165) is 44.7 Å². The third-order valence-corrected chi connectivity index (χ3v) is 4.22. The van der Waals surface area contributed by atoms with Gasteiger partial charge in [-0.3, -0.25) is 9.69 Å². The highest BCUT2D eigenvalue weighted by molar-refractivity contribution is 5.79. The number of aliphatic carboxylic acids is 1. The van der Waals surface area contributed by atoms with E-state index in [2.05, 4.69) is 11.8 Å². The molecule has 0 aromatic rings. The Morgan fingerprint density at radius 1 is 1.33 bits per heavy atom. The molecule has 0 spiro atoms. The van der Waals surface area contributed by atoms with Gasteiger partial charge in [0, 0.05) is 13.1 Å². The summed E-state index contributed by atoms with van der Waals surface area (Å²) in [6, 6.07) is 0. The van der Waals surface area contributed by atoms with E-state index < -0.39 is 11.5 Å². The zero-order valence-corrected chi connectivity index (χ0v) is 9.54. The molecule has 1 N–H and O–H groups in total. The molecule has 1 aliphatic heterocycles. The third-order valence-electron chi connectivity index (χ3n) is 4.22. The molecule has 15 heavy (non-hydrogen) atoms. The van der Waals surface area contributed by atoms with E-state index >= 15 is 0 Å². The Hall–Kier alpha value is -0.570. The van der Waals surface area contributed by atoms with Crippen molar-refractivity contribution in [3.05, 3.63) is 0 Å². The SMILES string of the molecule is CCC1CN(C2(C(=O)O)CCCCC2)C1. The monoisotopic (exact) mass is 211 g/mol. The van der Waals surface area contributed by atoms with E-state index in [1.165, 1.54) is 12.8 Å². The van der Waals surface area contributed by atoms with E-state index in [4.69, 9.17) is 0 Å². The molecule has 0 aromatic carbocycles. The summed E-state index contributed by atoms with van der Waals surface area (Å²) in [4.78, 5) is 13.7. The van der Waals surface area contributed by atoms with E-state index in [-0.39, 0.29) is 0 Å². The van der Waals surface area contributed by atoms with Gasteiger partial charge in [-0.05, 0) is 18.8 Å². The molecule has 0 radical (unpaired) electrons. The molecule has 1 saturated carbocycles. The molecular weight excluding hydrogens is 190 g/mol. The minimum Gasteiger partial charge on any atom is -0.480 e. The Morgan fingerprint density at radius 2 is 1.93 bits per heavy atom. The highest BCUT2D eigenvalue weighted by Gasteiger charge is 2.48. The quantitative estimate of drug-likeness (QED) is 0.777. The molecule has 3 nitrogen and oxygen atoms in total. The van der Waals surface area contributed by atoms with Gasteiger partial charge < -0.3 is 5.11 Å². The van der Waals surface area contributed by atoms with Gasteiger partial charge in [0.1, 0.15) is 5.54 Å². The zero-order valence-electron chi connectivity index (χ0n) is 9.54. The van der Waals surface area contributed by atoms with Crippen LogP contribution in [0.5, 0.6) is 0 Å². The summed E-state index contributed by atoms with van der Waals surface area (Å²) in [5, 5.41) is 9.44. The number of likely N-dealkylation sites (tertiary alicyclic amines) is 1. The van der Waals surface area contributed by atoms with Crippen molar-refractivity contribution < 1.29 is 9.90 Å². The summed E-state index contributed by atoms with van der Waals surface area (Å²) in [6.45, 7) is 4.20. The first-order chi connectivity index (χ1) is 7.19. The molecule has 0 atom stereocenters. The molecule has 1 heterocycles. The van der Waals surface area contributed by atoms with Gasteiger partial charge in [-0.1, -0.05) is 32.6 Å². The fourth-order valence-corrected chi connectivity index (χ4v) is 2.98. The average Bonchev–Trinajstić information content (AvgIpc) is 2.17. The second kappa shape index (κ2) is 4.12. The highest BCUT2D eigenvalue weighted by atomic mass is 16.4. The predicted octanol–water partition coefficient (Wildman–Crippen LogP) is 2.12.